The minimum absolute atomic E-state index is 0.203. The van der Waals surface area contributed by atoms with E-state index in [9.17, 15) is 9.90 Å². The van der Waals surface area contributed by atoms with Crippen LogP contribution in [0.2, 0.25) is 0 Å². The van der Waals surface area contributed by atoms with Gasteiger partial charge in [-0.25, -0.2) is 0 Å². The summed E-state index contributed by atoms with van der Waals surface area (Å²) in [5, 5.41) is 12.6. The van der Waals surface area contributed by atoms with Crippen LogP contribution in [0.25, 0.3) is 6.08 Å². The molecule has 0 atom stereocenters. The number of benzene rings is 1. The number of para-hydroxylation sites is 1. The Hall–Kier alpha value is -1.81. The zero-order valence-electron chi connectivity index (χ0n) is 11.1. The fourth-order valence-corrected chi connectivity index (χ4v) is 2.04. The lowest BCUT2D eigenvalue weighted by molar-refractivity contribution is -0.118. The lowest BCUT2D eigenvalue weighted by Crippen LogP contribution is -2.47. The highest BCUT2D eigenvalue weighted by molar-refractivity contribution is 5.92. The van der Waals surface area contributed by atoms with Crippen molar-refractivity contribution in [1.29, 1.82) is 0 Å². The summed E-state index contributed by atoms with van der Waals surface area (Å²) >= 11 is 0. The molecule has 0 bridgehead atoms. The van der Waals surface area contributed by atoms with Crippen molar-refractivity contribution in [3.8, 4) is 5.75 Å². The number of nitrogens with one attached hydrogen (secondary N) is 1. The highest BCUT2D eigenvalue weighted by Gasteiger charge is 2.34. The first-order valence-electron chi connectivity index (χ1n) is 6.44. The second kappa shape index (κ2) is 5.89. The summed E-state index contributed by atoms with van der Waals surface area (Å²) in [7, 11) is 1.60. The molecular weight excluding hydrogens is 242 g/mol. The summed E-state index contributed by atoms with van der Waals surface area (Å²) in [5.41, 5.74) is 0.163. The molecule has 1 aromatic rings. The van der Waals surface area contributed by atoms with Gasteiger partial charge in [-0.1, -0.05) is 18.2 Å². The van der Waals surface area contributed by atoms with Crippen molar-refractivity contribution in [2.24, 2.45) is 0 Å². The van der Waals surface area contributed by atoms with Gasteiger partial charge in [-0.15, -0.1) is 0 Å². The Labute approximate surface area is 113 Å². The van der Waals surface area contributed by atoms with E-state index in [-0.39, 0.29) is 5.91 Å². The number of carbonyl (C=O) groups is 1. The second-order valence-corrected chi connectivity index (χ2v) is 4.87. The SMILES string of the molecule is COc1ccccc1C=CC(=O)NCC1(O)CCC1. The van der Waals surface area contributed by atoms with Crippen LogP contribution < -0.4 is 10.1 Å². The van der Waals surface area contributed by atoms with E-state index in [1.54, 1.807) is 13.2 Å². The summed E-state index contributed by atoms with van der Waals surface area (Å²) in [6, 6.07) is 7.48. The number of hydrogen-bond donors (Lipinski definition) is 2. The summed E-state index contributed by atoms with van der Waals surface area (Å²) < 4.78 is 5.20. The minimum atomic E-state index is -0.687. The van der Waals surface area contributed by atoms with Gasteiger partial charge in [0, 0.05) is 18.2 Å². The quantitative estimate of drug-likeness (QED) is 0.794. The maximum Gasteiger partial charge on any atom is 0.244 e. The Bertz CT molecular complexity index is 478. The highest BCUT2D eigenvalue weighted by atomic mass is 16.5. The van der Waals surface area contributed by atoms with Crippen LogP contribution in [0, 0.1) is 0 Å². The molecule has 4 nitrogen and oxygen atoms in total. The molecule has 0 saturated heterocycles. The van der Waals surface area contributed by atoms with Crippen molar-refractivity contribution in [2.45, 2.75) is 24.9 Å². The van der Waals surface area contributed by atoms with Crippen LogP contribution in [0.15, 0.2) is 30.3 Å². The van der Waals surface area contributed by atoms with Crippen LogP contribution >= 0.6 is 0 Å². The van der Waals surface area contributed by atoms with E-state index in [1.165, 1.54) is 6.08 Å². The van der Waals surface area contributed by atoms with Gasteiger partial charge in [0.05, 0.1) is 12.7 Å². The molecule has 0 unspecified atom stereocenters. The molecule has 1 fully saturated rings. The average molecular weight is 261 g/mol. The smallest absolute Gasteiger partial charge is 0.244 e. The van der Waals surface area contributed by atoms with Crippen LogP contribution in [-0.2, 0) is 4.79 Å². The molecule has 2 N–H and O–H groups in total. The van der Waals surface area contributed by atoms with Crippen LogP contribution in [0.1, 0.15) is 24.8 Å². The Kier molecular flexibility index (Phi) is 4.22. The fraction of sp³-hybridized carbons (Fsp3) is 0.400. The van der Waals surface area contributed by atoms with E-state index >= 15 is 0 Å². The van der Waals surface area contributed by atoms with E-state index in [0.29, 0.717) is 6.54 Å². The third kappa shape index (κ3) is 3.58. The highest BCUT2D eigenvalue weighted by Crippen LogP contribution is 2.30. The van der Waals surface area contributed by atoms with Gasteiger partial charge in [0.15, 0.2) is 0 Å². The van der Waals surface area contributed by atoms with Crippen LogP contribution in [-0.4, -0.2) is 30.3 Å². The van der Waals surface area contributed by atoms with Gasteiger partial charge in [0.2, 0.25) is 5.91 Å². The Balaban J connectivity index is 1.89. The van der Waals surface area contributed by atoms with Gasteiger partial charge < -0.3 is 15.2 Å². The Morgan fingerprint density at radius 1 is 1.47 bits per heavy atom. The molecule has 0 radical (unpaired) electrons. The van der Waals surface area contributed by atoms with Crippen LogP contribution in [0.3, 0.4) is 0 Å². The number of hydrogen-bond acceptors (Lipinski definition) is 3. The van der Waals surface area contributed by atoms with Gasteiger partial charge in [0.1, 0.15) is 5.75 Å². The summed E-state index contributed by atoms with van der Waals surface area (Å²) in [6.07, 6.45) is 5.73. The van der Waals surface area contributed by atoms with Gasteiger partial charge in [0.25, 0.3) is 0 Å². The number of rotatable bonds is 5. The third-order valence-electron chi connectivity index (χ3n) is 3.43. The van der Waals surface area contributed by atoms with E-state index in [0.717, 1.165) is 30.6 Å². The number of carbonyl (C=O) groups excluding carboxylic acids is 1. The normalized spacial score (nSPS) is 16.9. The first-order chi connectivity index (χ1) is 9.13. The Morgan fingerprint density at radius 3 is 2.84 bits per heavy atom. The molecule has 0 spiro atoms. The van der Waals surface area contributed by atoms with Crippen molar-refractivity contribution in [3.05, 3.63) is 35.9 Å². The van der Waals surface area contributed by atoms with Crippen molar-refractivity contribution in [1.82, 2.24) is 5.32 Å². The molecule has 1 aromatic carbocycles. The summed E-state index contributed by atoms with van der Waals surface area (Å²) in [6.45, 7) is 0.322. The molecule has 1 saturated carbocycles. The van der Waals surface area contributed by atoms with Gasteiger partial charge in [-0.05, 0) is 31.4 Å². The number of methoxy groups -OCH3 is 1. The van der Waals surface area contributed by atoms with E-state index < -0.39 is 5.60 Å². The molecule has 1 aliphatic carbocycles. The minimum Gasteiger partial charge on any atom is -0.496 e. The summed E-state index contributed by atoms with van der Waals surface area (Å²) in [4.78, 5) is 11.7. The maximum absolute atomic E-state index is 11.7. The summed E-state index contributed by atoms with van der Waals surface area (Å²) in [5.74, 6) is 0.524. The molecule has 1 amide bonds. The van der Waals surface area contributed by atoms with Crippen LogP contribution in [0.4, 0.5) is 0 Å². The van der Waals surface area contributed by atoms with Crippen molar-refractivity contribution >= 4 is 12.0 Å². The largest absolute Gasteiger partial charge is 0.496 e. The van der Waals surface area contributed by atoms with E-state index in [1.807, 2.05) is 24.3 Å². The number of ether oxygens (including phenoxy) is 1. The average Bonchev–Trinajstić information content (AvgIpc) is 2.41. The van der Waals surface area contributed by atoms with Gasteiger partial charge in [-0.3, -0.25) is 4.79 Å². The van der Waals surface area contributed by atoms with Gasteiger partial charge in [-0.2, -0.15) is 0 Å². The molecule has 2 rings (SSSR count). The lowest BCUT2D eigenvalue weighted by atomic mass is 9.80. The molecule has 0 aromatic heterocycles. The Morgan fingerprint density at radius 2 is 2.21 bits per heavy atom. The van der Waals surface area contributed by atoms with Crippen molar-refractivity contribution in [2.75, 3.05) is 13.7 Å². The molecule has 19 heavy (non-hydrogen) atoms. The molecule has 0 aliphatic heterocycles. The van der Waals surface area contributed by atoms with Gasteiger partial charge >= 0.3 is 0 Å². The van der Waals surface area contributed by atoms with Crippen molar-refractivity contribution < 1.29 is 14.6 Å². The molecule has 1 aliphatic rings. The first-order valence-corrected chi connectivity index (χ1v) is 6.44. The molecule has 0 heterocycles. The number of aliphatic hydroxyl groups is 1. The second-order valence-electron chi connectivity index (χ2n) is 4.87. The topological polar surface area (TPSA) is 58.6 Å². The molecule has 102 valence electrons. The number of amides is 1. The van der Waals surface area contributed by atoms with Crippen LogP contribution in [0.5, 0.6) is 5.75 Å². The first kappa shape index (κ1) is 13.6. The third-order valence-corrected chi connectivity index (χ3v) is 3.43. The maximum atomic E-state index is 11.7. The molecule has 4 heteroatoms. The predicted octanol–water partition coefficient (Wildman–Crippen LogP) is 1.74. The van der Waals surface area contributed by atoms with E-state index in [2.05, 4.69) is 5.32 Å². The predicted molar refractivity (Wildman–Crippen MR) is 73.8 cm³/mol. The standard InChI is InChI=1S/C15H19NO3/c1-19-13-6-3-2-5-12(13)7-8-14(17)16-11-15(18)9-4-10-15/h2-3,5-8,18H,4,9-11H2,1H3,(H,16,17). The fourth-order valence-electron chi connectivity index (χ4n) is 2.04. The lowest BCUT2D eigenvalue weighted by Gasteiger charge is -2.36. The zero-order chi connectivity index (χ0) is 13.7. The zero-order valence-corrected chi connectivity index (χ0v) is 11.1. The van der Waals surface area contributed by atoms with Crippen molar-refractivity contribution in [3.63, 3.8) is 0 Å². The van der Waals surface area contributed by atoms with E-state index in [4.69, 9.17) is 4.74 Å². The molecular formula is C15H19NO3. The monoisotopic (exact) mass is 261 g/mol.